The second-order valence-corrected chi connectivity index (χ2v) is 5.83. The number of aryl methyl sites for hydroxylation is 1. The summed E-state index contributed by atoms with van der Waals surface area (Å²) in [5.41, 5.74) is 2.08. The number of halogens is 2. The van der Waals surface area contributed by atoms with Crippen molar-refractivity contribution in [2.24, 2.45) is 0 Å². The van der Waals surface area contributed by atoms with Crippen molar-refractivity contribution in [2.75, 3.05) is 5.32 Å². The highest BCUT2D eigenvalue weighted by Crippen LogP contribution is 2.22. The van der Waals surface area contributed by atoms with E-state index in [9.17, 15) is 4.79 Å². The van der Waals surface area contributed by atoms with Crippen LogP contribution >= 0.6 is 27.5 Å². The first-order chi connectivity index (χ1) is 9.60. The molecule has 0 aliphatic rings. The summed E-state index contributed by atoms with van der Waals surface area (Å²) in [4.78, 5) is 11.6. The SMILES string of the molecule is CCCn1cc(NCc2ccc(Cl)cc2Br)ccc1=O. The van der Waals surface area contributed by atoms with E-state index in [0.29, 0.717) is 11.6 Å². The van der Waals surface area contributed by atoms with Crippen LogP contribution in [0.15, 0.2) is 45.8 Å². The van der Waals surface area contributed by atoms with Gasteiger partial charge in [0.25, 0.3) is 5.56 Å². The first kappa shape index (κ1) is 15.1. The van der Waals surface area contributed by atoms with E-state index in [2.05, 4.69) is 28.2 Å². The molecule has 5 heteroatoms. The third-order valence-electron chi connectivity index (χ3n) is 2.95. The third-order valence-corrected chi connectivity index (χ3v) is 3.92. The van der Waals surface area contributed by atoms with Gasteiger partial charge in [0.05, 0.1) is 5.69 Å². The van der Waals surface area contributed by atoms with Crippen LogP contribution in [-0.2, 0) is 13.1 Å². The van der Waals surface area contributed by atoms with Crippen molar-refractivity contribution in [3.05, 3.63) is 61.9 Å². The maximum absolute atomic E-state index is 11.6. The lowest BCUT2D eigenvalue weighted by atomic mass is 10.2. The first-order valence-corrected chi connectivity index (χ1v) is 7.65. The van der Waals surface area contributed by atoms with Crippen molar-refractivity contribution in [1.82, 2.24) is 4.57 Å². The molecule has 0 bridgehead atoms. The maximum Gasteiger partial charge on any atom is 0.250 e. The number of anilines is 1. The van der Waals surface area contributed by atoms with Gasteiger partial charge in [-0.3, -0.25) is 4.79 Å². The fourth-order valence-electron chi connectivity index (χ4n) is 1.91. The summed E-state index contributed by atoms with van der Waals surface area (Å²) in [5, 5.41) is 4.02. The fourth-order valence-corrected chi connectivity index (χ4v) is 2.74. The second kappa shape index (κ2) is 6.95. The Balaban J connectivity index is 2.10. The summed E-state index contributed by atoms with van der Waals surface area (Å²) >= 11 is 9.41. The quantitative estimate of drug-likeness (QED) is 0.868. The van der Waals surface area contributed by atoms with Crippen LogP contribution in [0.25, 0.3) is 0 Å². The van der Waals surface area contributed by atoms with Crippen LogP contribution in [0.4, 0.5) is 5.69 Å². The van der Waals surface area contributed by atoms with Crippen LogP contribution in [0, 0.1) is 0 Å². The molecule has 0 fully saturated rings. The van der Waals surface area contributed by atoms with Crippen LogP contribution in [0.1, 0.15) is 18.9 Å². The van der Waals surface area contributed by atoms with Crippen molar-refractivity contribution >= 4 is 33.2 Å². The van der Waals surface area contributed by atoms with Gasteiger partial charge in [-0.25, -0.2) is 0 Å². The summed E-state index contributed by atoms with van der Waals surface area (Å²) in [5.74, 6) is 0. The number of benzene rings is 1. The highest BCUT2D eigenvalue weighted by Gasteiger charge is 2.02. The van der Waals surface area contributed by atoms with Crippen molar-refractivity contribution in [2.45, 2.75) is 26.4 Å². The number of pyridine rings is 1. The molecule has 0 aliphatic carbocycles. The number of nitrogens with one attached hydrogen (secondary N) is 1. The minimum atomic E-state index is 0.0325. The van der Waals surface area contributed by atoms with Gasteiger partial charge < -0.3 is 9.88 Å². The van der Waals surface area contributed by atoms with E-state index in [1.54, 1.807) is 16.7 Å². The van der Waals surface area contributed by atoms with Crippen molar-refractivity contribution in [3.63, 3.8) is 0 Å². The van der Waals surface area contributed by atoms with Crippen LogP contribution in [0.2, 0.25) is 5.02 Å². The van der Waals surface area contributed by atoms with E-state index in [0.717, 1.165) is 28.7 Å². The largest absolute Gasteiger partial charge is 0.380 e. The number of aromatic nitrogens is 1. The van der Waals surface area contributed by atoms with Gasteiger partial charge in [-0.05, 0) is 30.2 Å². The second-order valence-electron chi connectivity index (χ2n) is 4.54. The van der Waals surface area contributed by atoms with E-state index >= 15 is 0 Å². The van der Waals surface area contributed by atoms with Crippen molar-refractivity contribution in [3.8, 4) is 0 Å². The van der Waals surface area contributed by atoms with Crippen LogP contribution in [0.5, 0.6) is 0 Å². The lowest BCUT2D eigenvalue weighted by Crippen LogP contribution is -2.18. The van der Waals surface area contributed by atoms with Gasteiger partial charge in [0.1, 0.15) is 0 Å². The molecule has 0 atom stereocenters. The zero-order valence-corrected chi connectivity index (χ0v) is 13.5. The molecule has 0 saturated heterocycles. The summed E-state index contributed by atoms with van der Waals surface area (Å²) < 4.78 is 2.69. The molecule has 0 aliphatic heterocycles. The molecular weight excluding hydrogens is 340 g/mol. The lowest BCUT2D eigenvalue weighted by molar-refractivity contribution is 0.655. The van der Waals surface area contributed by atoms with Crippen LogP contribution in [-0.4, -0.2) is 4.57 Å². The topological polar surface area (TPSA) is 34.0 Å². The van der Waals surface area contributed by atoms with Gasteiger partial charge >= 0.3 is 0 Å². The number of rotatable bonds is 5. The van der Waals surface area contributed by atoms with Crippen molar-refractivity contribution < 1.29 is 0 Å². The van der Waals surface area contributed by atoms with E-state index in [1.165, 1.54) is 0 Å². The Hall–Kier alpha value is -1.26. The molecule has 0 radical (unpaired) electrons. The van der Waals surface area contributed by atoms with E-state index in [4.69, 9.17) is 11.6 Å². The standard InChI is InChI=1S/C15H16BrClN2O/c1-2-7-19-10-13(5-6-15(19)20)18-9-11-3-4-12(17)8-14(11)16/h3-6,8,10,18H,2,7,9H2,1H3. The Kier molecular flexibility index (Phi) is 5.26. The number of hydrogen-bond donors (Lipinski definition) is 1. The Bertz CT molecular complexity index is 655. The van der Waals surface area contributed by atoms with E-state index < -0.39 is 0 Å². The van der Waals surface area contributed by atoms with Crippen LogP contribution in [0.3, 0.4) is 0 Å². The van der Waals surface area contributed by atoms with E-state index in [-0.39, 0.29) is 5.56 Å². The van der Waals surface area contributed by atoms with Gasteiger partial charge in [0, 0.05) is 34.8 Å². The normalized spacial score (nSPS) is 10.6. The average Bonchev–Trinajstić information content (AvgIpc) is 2.41. The molecule has 1 heterocycles. The minimum absolute atomic E-state index is 0.0325. The maximum atomic E-state index is 11.6. The highest BCUT2D eigenvalue weighted by molar-refractivity contribution is 9.10. The Labute approximate surface area is 131 Å². The molecule has 1 N–H and O–H groups in total. The number of hydrogen-bond acceptors (Lipinski definition) is 2. The summed E-state index contributed by atoms with van der Waals surface area (Å²) in [7, 11) is 0. The average molecular weight is 356 g/mol. The molecule has 3 nitrogen and oxygen atoms in total. The van der Waals surface area contributed by atoms with Gasteiger partial charge in [0.15, 0.2) is 0 Å². The summed E-state index contributed by atoms with van der Waals surface area (Å²) in [6.07, 6.45) is 2.79. The lowest BCUT2D eigenvalue weighted by Gasteiger charge is -2.11. The monoisotopic (exact) mass is 354 g/mol. The van der Waals surface area contributed by atoms with E-state index in [1.807, 2.05) is 24.4 Å². The molecule has 2 aromatic rings. The molecule has 106 valence electrons. The summed E-state index contributed by atoms with van der Waals surface area (Å²) in [6, 6.07) is 9.10. The zero-order chi connectivity index (χ0) is 14.5. The Morgan fingerprint density at radius 3 is 2.80 bits per heavy atom. The summed E-state index contributed by atoms with van der Waals surface area (Å²) in [6.45, 7) is 3.46. The molecule has 0 unspecified atom stereocenters. The van der Waals surface area contributed by atoms with Gasteiger partial charge in [-0.1, -0.05) is 40.5 Å². The van der Waals surface area contributed by atoms with Gasteiger partial charge in [0.2, 0.25) is 0 Å². The predicted octanol–water partition coefficient (Wildman–Crippen LogP) is 4.29. The molecule has 1 aromatic carbocycles. The highest BCUT2D eigenvalue weighted by atomic mass is 79.9. The third kappa shape index (κ3) is 3.87. The smallest absolute Gasteiger partial charge is 0.250 e. The van der Waals surface area contributed by atoms with Crippen molar-refractivity contribution in [1.29, 1.82) is 0 Å². The Morgan fingerprint density at radius 2 is 2.10 bits per heavy atom. The fraction of sp³-hybridized carbons (Fsp3) is 0.267. The van der Waals surface area contributed by atoms with Gasteiger partial charge in [-0.2, -0.15) is 0 Å². The molecule has 0 amide bonds. The minimum Gasteiger partial charge on any atom is -0.380 e. The molecular formula is C15H16BrClN2O. The molecule has 0 spiro atoms. The number of nitrogens with zero attached hydrogens (tertiary/aromatic N) is 1. The molecule has 20 heavy (non-hydrogen) atoms. The first-order valence-electron chi connectivity index (χ1n) is 6.48. The van der Waals surface area contributed by atoms with Crippen LogP contribution < -0.4 is 10.9 Å². The zero-order valence-electron chi connectivity index (χ0n) is 11.2. The molecule has 0 saturated carbocycles. The molecule has 1 aromatic heterocycles. The molecule has 2 rings (SSSR count). The van der Waals surface area contributed by atoms with Gasteiger partial charge in [-0.15, -0.1) is 0 Å². The Morgan fingerprint density at radius 1 is 1.30 bits per heavy atom. The predicted molar refractivity (Wildman–Crippen MR) is 87.5 cm³/mol.